The maximum absolute atomic E-state index is 12.0. The van der Waals surface area contributed by atoms with E-state index in [1.807, 2.05) is 0 Å². The van der Waals surface area contributed by atoms with Crippen LogP contribution in [0, 0.1) is 0 Å². The number of ether oxygens (including phenoxy) is 1. The van der Waals surface area contributed by atoms with Crippen LogP contribution in [0.15, 0.2) is 24.3 Å². The van der Waals surface area contributed by atoms with Gasteiger partial charge in [-0.2, -0.15) is 13.2 Å². The Balaban J connectivity index is 2.35. The number of nitrogens with one attached hydrogen (secondary N) is 2. The first-order valence-corrected chi connectivity index (χ1v) is 6.32. The van der Waals surface area contributed by atoms with Crippen LogP contribution >= 0.6 is 0 Å². The number of halogens is 3. The summed E-state index contributed by atoms with van der Waals surface area (Å²) in [5.41, 5.74) is 5.74. The van der Waals surface area contributed by atoms with Gasteiger partial charge in [-0.25, -0.2) is 0 Å². The number of alkyl halides is 3. The van der Waals surface area contributed by atoms with Crippen LogP contribution in [0.2, 0.25) is 0 Å². The molecule has 0 aliphatic heterocycles. The summed E-state index contributed by atoms with van der Waals surface area (Å²) < 4.78 is 40.5. The average molecular weight is 319 g/mol. The fourth-order valence-electron chi connectivity index (χ4n) is 1.38. The standard InChI is InChI=1S/C13H16F3N3O3/c14-13(15,16)8-22-10-3-1-9(2-4-10)6-18-12(21)7-19-11(20)5-17/h1-4H,5-8,17H2,(H,18,21)(H,19,20). The first-order valence-electron chi connectivity index (χ1n) is 6.32. The smallest absolute Gasteiger partial charge is 0.422 e. The Morgan fingerprint density at radius 1 is 1.09 bits per heavy atom. The minimum absolute atomic E-state index is 0.0858. The van der Waals surface area contributed by atoms with E-state index in [4.69, 9.17) is 5.73 Å². The number of hydrogen-bond acceptors (Lipinski definition) is 4. The number of carbonyl (C=O) groups excluding carboxylic acids is 2. The molecule has 22 heavy (non-hydrogen) atoms. The average Bonchev–Trinajstić information content (AvgIpc) is 2.48. The number of rotatable bonds is 7. The predicted octanol–water partition coefficient (Wildman–Crippen LogP) is 0.319. The molecule has 0 aliphatic carbocycles. The van der Waals surface area contributed by atoms with E-state index in [9.17, 15) is 22.8 Å². The molecule has 122 valence electrons. The Labute approximate surface area is 124 Å². The number of hydrogen-bond donors (Lipinski definition) is 3. The number of nitrogens with two attached hydrogens (primary N) is 1. The molecule has 0 spiro atoms. The lowest BCUT2D eigenvalue weighted by Gasteiger charge is -2.10. The fourth-order valence-corrected chi connectivity index (χ4v) is 1.38. The van der Waals surface area contributed by atoms with Gasteiger partial charge < -0.3 is 21.1 Å². The minimum Gasteiger partial charge on any atom is -0.484 e. The molecule has 1 rings (SSSR count). The van der Waals surface area contributed by atoms with Gasteiger partial charge in [0, 0.05) is 6.54 Å². The quantitative estimate of drug-likeness (QED) is 0.675. The van der Waals surface area contributed by atoms with E-state index < -0.39 is 24.6 Å². The molecule has 1 aromatic rings. The molecule has 0 atom stereocenters. The van der Waals surface area contributed by atoms with Crippen LogP contribution in [-0.4, -0.2) is 37.7 Å². The molecule has 1 aromatic carbocycles. The number of carbonyl (C=O) groups is 2. The molecule has 0 aliphatic rings. The van der Waals surface area contributed by atoms with E-state index in [2.05, 4.69) is 15.4 Å². The second kappa shape index (κ2) is 8.23. The normalized spacial score (nSPS) is 10.9. The lowest BCUT2D eigenvalue weighted by molar-refractivity contribution is -0.153. The van der Waals surface area contributed by atoms with E-state index in [-0.39, 0.29) is 25.4 Å². The first kappa shape index (κ1) is 17.8. The van der Waals surface area contributed by atoms with Gasteiger partial charge in [-0.1, -0.05) is 12.1 Å². The molecule has 0 unspecified atom stereocenters. The van der Waals surface area contributed by atoms with E-state index in [1.165, 1.54) is 24.3 Å². The highest BCUT2D eigenvalue weighted by Crippen LogP contribution is 2.18. The highest BCUT2D eigenvalue weighted by molar-refractivity contribution is 5.85. The third-order valence-electron chi connectivity index (χ3n) is 2.45. The Hall–Kier alpha value is -2.29. The van der Waals surface area contributed by atoms with Crippen LogP contribution < -0.4 is 21.1 Å². The highest BCUT2D eigenvalue weighted by Gasteiger charge is 2.28. The van der Waals surface area contributed by atoms with Crippen molar-refractivity contribution < 1.29 is 27.5 Å². The van der Waals surface area contributed by atoms with Gasteiger partial charge >= 0.3 is 6.18 Å². The Kier molecular flexibility index (Phi) is 6.64. The van der Waals surface area contributed by atoms with Crippen LogP contribution in [-0.2, 0) is 16.1 Å². The molecule has 0 aromatic heterocycles. The number of benzene rings is 1. The van der Waals surface area contributed by atoms with E-state index >= 15 is 0 Å². The van der Waals surface area contributed by atoms with E-state index in [0.29, 0.717) is 5.56 Å². The largest absolute Gasteiger partial charge is 0.484 e. The summed E-state index contributed by atoms with van der Waals surface area (Å²) in [6, 6.07) is 5.82. The summed E-state index contributed by atoms with van der Waals surface area (Å²) in [7, 11) is 0. The number of amides is 2. The van der Waals surface area contributed by atoms with Gasteiger partial charge in [0.1, 0.15) is 5.75 Å². The summed E-state index contributed by atoms with van der Waals surface area (Å²) in [6.07, 6.45) is -4.39. The summed E-state index contributed by atoms with van der Waals surface area (Å²) in [5, 5.41) is 4.84. The van der Waals surface area contributed by atoms with Crippen LogP contribution in [0.25, 0.3) is 0 Å². The van der Waals surface area contributed by atoms with Crippen molar-refractivity contribution in [2.24, 2.45) is 5.73 Å². The molecule has 2 amide bonds. The van der Waals surface area contributed by atoms with Crippen molar-refractivity contribution in [3.8, 4) is 5.75 Å². The summed E-state index contributed by atoms with van der Waals surface area (Å²) in [4.78, 5) is 22.3. The molecule has 0 fully saturated rings. The maximum atomic E-state index is 12.0. The first-order chi connectivity index (χ1) is 10.3. The molecule has 9 heteroatoms. The second-order valence-corrected chi connectivity index (χ2v) is 4.31. The summed E-state index contributed by atoms with van der Waals surface area (Å²) >= 11 is 0. The minimum atomic E-state index is -4.39. The van der Waals surface area contributed by atoms with Crippen molar-refractivity contribution >= 4 is 11.8 Å². The van der Waals surface area contributed by atoms with Gasteiger partial charge in [0.2, 0.25) is 11.8 Å². The van der Waals surface area contributed by atoms with Gasteiger partial charge in [0.05, 0.1) is 13.1 Å². The van der Waals surface area contributed by atoms with E-state index in [0.717, 1.165) is 0 Å². The molecular formula is C13H16F3N3O3. The van der Waals surface area contributed by atoms with E-state index in [1.54, 1.807) is 0 Å². The van der Waals surface area contributed by atoms with Gasteiger partial charge in [-0.3, -0.25) is 9.59 Å². The van der Waals surface area contributed by atoms with Gasteiger partial charge in [0.25, 0.3) is 0 Å². The third-order valence-corrected chi connectivity index (χ3v) is 2.45. The second-order valence-electron chi connectivity index (χ2n) is 4.31. The zero-order chi connectivity index (χ0) is 16.6. The maximum Gasteiger partial charge on any atom is 0.422 e. The van der Waals surface area contributed by atoms with Crippen LogP contribution in [0.4, 0.5) is 13.2 Å². The van der Waals surface area contributed by atoms with Crippen LogP contribution in [0.3, 0.4) is 0 Å². The Bertz CT molecular complexity index is 503. The SMILES string of the molecule is NCC(=O)NCC(=O)NCc1ccc(OCC(F)(F)F)cc1. The highest BCUT2D eigenvalue weighted by atomic mass is 19.4. The van der Waals surface area contributed by atoms with Crippen molar-refractivity contribution in [3.05, 3.63) is 29.8 Å². The lowest BCUT2D eigenvalue weighted by Crippen LogP contribution is -2.39. The Morgan fingerprint density at radius 3 is 2.27 bits per heavy atom. The van der Waals surface area contributed by atoms with Crippen molar-refractivity contribution in [1.29, 1.82) is 0 Å². The van der Waals surface area contributed by atoms with Crippen molar-refractivity contribution in [1.82, 2.24) is 10.6 Å². The molecule has 6 nitrogen and oxygen atoms in total. The van der Waals surface area contributed by atoms with Crippen LogP contribution in [0.1, 0.15) is 5.56 Å². The van der Waals surface area contributed by atoms with Crippen molar-refractivity contribution in [3.63, 3.8) is 0 Å². The molecule has 0 bridgehead atoms. The van der Waals surface area contributed by atoms with Gasteiger partial charge in [-0.15, -0.1) is 0 Å². The molecular weight excluding hydrogens is 303 g/mol. The monoisotopic (exact) mass is 319 g/mol. The molecule has 0 saturated carbocycles. The van der Waals surface area contributed by atoms with Crippen molar-refractivity contribution in [2.45, 2.75) is 12.7 Å². The molecule has 0 heterocycles. The summed E-state index contributed by atoms with van der Waals surface area (Å²) in [5.74, 6) is -0.761. The van der Waals surface area contributed by atoms with Gasteiger partial charge in [0.15, 0.2) is 6.61 Å². The molecule has 0 radical (unpaired) electrons. The predicted molar refractivity (Wildman–Crippen MR) is 71.9 cm³/mol. The summed E-state index contributed by atoms with van der Waals surface area (Å²) in [6.45, 7) is -1.57. The zero-order valence-electron chi connectivity index (χ0n) is 11.6. The van der Waals surface area contributed by atoms with Crippen molar-refractivity contribution in [2.75, 3.05) is 19.7 Å². The van der Waals surface area contributed by atoms with Gasteiger partial charge in [-0.05, 0) is 17.7 Å². The van der Waals surface area contributed by atoms with Crippen LogP contribution in [0.5, 0.6) is 5.75 Å². The Morgan fingerprint density at radius 2 is 1.73 bits per heavy atom. The lowest BCUT2D eigenvalue weighted by atomic mass is 10.2. The third kappa shape index (κ3) is 7.48. The molecule has 4 N–H and O–H groups in total. The zero-order valence-corrected chi connectivity index (χ0v) is 11.6. The molecule has 0 saturated heterocycles. The fraction of sp³-hybridized carbons (Fsp3) is 0.385. The topological polar surface area (TPSA) is 93.5 Å².